The van der Waals surface area contributed by atoms with Crippen LogP contribution in [0.1, 0.15) is 26.2 Å². The van der Waals surface area contributed by atoms with Crippen molar-refractivity contribution in [2.75, 3.05) is 26.2 Å². The molecule has 2 aliphatic heterocycles. The normalized spacial score (nSPS) is 30.1. The number of likely N-dealkylation sites (tertiary alicyclic amines) is 2. The van der Waals surface area contributed by atoms with Gasteiger partial charge in [0.2, 0.25) is 5.91 Å². The SMILES string of the molecule is CC(CN1CCC(N)C1=O)N1CCCC1. The van der Waals surface area contributed by atoms with Crippen LogP contribution in [0.5, 0.6) is 0 Å². The lowest BCUT2D eigenvalue weighted by atomic mass is 10.2. The van der Waals surface area contributed by atoms with Gasteiger partial charge in [0, 0.05) is 19.1 Å². The molecule has 2 rings (SSSR count). The number of hydrogen-bond acceptors (Lipinski definition) is 3. The van der Waals surface area contributed by atoms with Crippen LogP contribution in [0.2, 0.25) is 0 Å². The van der Waals surface area contributed by atoms with E-state index in [0.717, 1.165) is 19.5 Å². The monoisotopic (exact) mass is 211 g/mol. The second-order valence-corrected chi connectivity index (χ2v) is 4.77. The third kappa shape index (κ3) is 2.32. The van der Waals surface area contributed by atoms with Crippen molar-refractivity contribution < 1.29 is 4.79 Å². The minimum Gasteiger partial charge on any atom is -0.340 e. The standard InChI is InChI=1S/C11H21N3O/c1-9(13-5-2-3-6-13)8-14-7-4-10(12)11(14)15/h9-10H,2-8,12H2,1H3. The molecule has 15 heavy (non-hydrogen) atoms. The van der Waals surface area contributed by atoms with Crippen molar-refractivity contribution in [1.82, 2.24) is 9.80 Å². The van der Waals surface area contributed by atoms with E-state index < -0.39 is 0 Å². The van der Waals surface area contributed by atoms with Crippen LogP contribution in [0.3, 0.4) is 0 Å². The van der Waals surface area contributed by atoms with Gasteiger partial charge in [0.1, 0.15) is 0 Å². The second kappa shape index (κ2) is 4.49. The first-order valence-corrected chi connectivity index (χ1v) is 5.97. The van der Waals surface area contributed by atoms with Gasteiger partial charge in [0.15, 0.2) is 0 Å². The zero-order chi connectivity index (χ0) is 10.8. The van der Waals surface area contributed by atoms with Crippen LogP contribution in [0.15, 0.2) is 0 Å². The first kappa shape index (κ1) is 10.9. The van der Waals surface area contributed by atoms with Gasteiger partial charge < -0.3 is 10.6 Å². The van der Waals surface area contributed by atoms with E-state index in [1.165, 1.54) is 25.9 Å². The molecule has 86 valence electrons. The number of carbonyl (C=O) groups excluding carboxylic acids is 1. The van der Waals surface area contributed by atoms with Gasteiger partial charge in [0.25, 0.3) is 0 Å². The van der Waals surface area contributed by atoms with E-state index in [2.05, 4.69) is 11.8 Å². The predicted molar refractivity (Wildman–Crippen MR) is 59.4 cm³/mol. The molecule has 2 saturated heterocycles. The van der Waals surface area contributed by atoms with Crippen molar-refractivity contribution in [2.24, 2.45) is 5.73 Å². The van der Waals surface area contributed by atoms with Gasteiger partial charge in [-0.05, 0) is 39.3 Å². The third-order valence-corrected chi connectivity index (χ3v) is 3.59. The molecular weight excluding hydrogens is 190 g/mol. The average molecular weight is 211 g/mol. The molecule has 1 amide bonds. The van der Waals surface area contributed by atoms with Gasteiger partial charge >= 0.3 is 0 Å². The molecule has 2 unspecified atom stereocenters. The Hall–Kier alpha value is -0.610. The Labute approximate surface area is 91.4 Å². The molecule has 0 saturated carbocycles. The topological polar surface area (TPSA) is 49.6 Å². The highest BCUT2D eigenvalue weighted by Gasteiger charge is 2.30. The fourth-order valence-corrected chi connectivity index (χ4v) is 2.56. The molecule has 2 N–H and O–H groups in total. The van der Waals surface area contributed by atoms with E-state index in [0.29, 0.717) is 6.04 Å². The Balaban J connectivity index is 1.83. The minimum absolute atomic E-state index is 0.140. The second-order valence-electron chi connectivity index (χ2n) is 4.77. The number of nitrogens with two attached hydrogens (primary N) is 1. The Morgan fingerprint density at radius 2 is 2.07 bits per heavy atom. The largest absolute Gasteiger partial charge is 0.340 e. The molecule has 0 aliphatic carbocycles. The summed E-state index contributed by atoms with van der Waals surface area (Å²) in [6.45, 7) is 6.29. The fraction of sp³-hybridized carbons (Fsp3) is 0.909. The van der Waals surface area contributed by atoms with Crippen molar-refractivity contribution in [2.45, 2.75) is 38.3 Å². The number of amides is 1. The summed E-state index contributed by atoms with van der Waals surface area (Å²) in [4.78, 5) is 16.0. The molecule has 0 aromatic heterocycles. The van der Waals surface area contributed by atoms with Gasteiger partial charge in [0.05, 0.1) is 6.04 Å². The summed E-state index contributed by atoms with van der Waals surface area (Å²) >= 11 is 0. The lowest BCUT2D eigenvalue weighted by Gasteiger charge is -2.28. The smallest absolute Gasteiger partial charge is 0.239 e. The van der Waals surface area contributed by atoms with Crippen LogP contribution in [0, 0.1) is 0 Å². The van der Waals surface area contributed by atoms with Crippen LogP contribution in [0.4, 0.5) is 0 Å². The lowest BCUT2D eigenvalue weighted by molar-refractivity contribution is -0.129. The third-order valence-electron chi connectivity index (χ3n) is 3.59. The lowest BCUT2D eigenvalue weighted by Crippen LogP contribution is -2.43. The molecule has 2 aliphatic rings. The van der Waals surface area contributed by atoms with E-state index in [1.54, 1.807) is 0 Å². The number of nitrogens with zero attached hydrogens (tertiary/aromatic N) is 2. The van der Waals surface area contributed by atoms with Gasteiger partial charge in [-0.3, -0.25) is 9.69 Å². The predicted octanol–water partition coefficient (Wildman–Crippen LogP) is 0.0303. The van der Waals surface area contributed by atoms with E-state index in [9.17, 15) is 4.79 Å². The maximum Gasteiger partial charge on any atom is 0.239 e. The summed E-state index contributed by atoms with van der Waals surface area (Å²) in [6, 6.07) is 0.248. The van der Waals surface area contributed by atoms with Crippen molar-refractivity contribution in [3.8, 4) is 0 Å². The van der Waals surface area contributed by atoms with Crippen LogP contribution < -0.4 is 5.73 Å². The Kier molecular flexibility index (Phi) is 3.26. The Morgan fingerprint density at radius 1 is 1.40 bits per heavy atom. The first-order valence-electron chi connectivity index (χ1n) is 5.97. The van der Waals surface area contributed by atoms with Crippen molar-refractivity contribution in [1.29, 1.82) is 0 Å². The van der Waals surface area contributed by atoms with E-state index in [-0.39, 0.29) is 11.9 Å². The molecule has 2 atom stereocenters. The Morgan fingerprint density at radius 3 is 2.60 bits per heavy atom. The molecule has 0 aromatic rings. The maximum absolute atomic E-state index is 11.6. The van der Waals surface area contributed by atoms with E-state index in [1.807, 2.05) is 4.90 Å². The summed E-state index contributed by atoms with van der Waals surface area (Å²) in [7, 11) is 0. The van der Waals surface area contributed by atoms with Gasteiger partial charge in [-0.15, -0.1) is 0 Å². The zero-order valence-electron chi connectivity index (χ0n) is 9.48. The molecular formula is C11H21N3O. The highest BCUT2D eigenvalue weighted by atomic mass is 16.2. The molecule has 0 spiro atoms. The summed E-state index contributed by atoms with van der Waals surface area (Å²) < 4.78 is 0. The molecule has 4 nitrogen and oxygen atoms in total. The number of rotatable bonds is 3. The molecule has 2 fully saturated rings. The summed E-state index contributed by atoms with van der Waals surface area (Å²) in [6.07, 6.45) is 3.43. The van der Waals surface area contributed by atoms with E-state index in [4.69, 9.17) is 5.73 Å². The molecule has 4 heteroatoms. The highest BCUT2D eigenvalue weighted by Crippen LogP contribution is 2.15. The van der Waals surface area contributed by atoms with Crippen LogP contribution in [-0.2, 0) is 4.79 Å². The average Bonchev–Trinajstić information content (AvgIpc) is 2.83. The van der Waals surface area contributed by atoms with Gasteiger partial charge in [-0.25, -0.2) is 0 Å². The fourth-order valence-electron chi connectivity index (χ4n) is 2.56. The van der Waals surface area contributed by atoms with Gasteiger partial charge in [-0.1, -0.05) is 0 Å². The van der Waals surface area contributed by atoms with Crippen molar-refractivity contribution >= 4 is 5.91 Å². The summed E-state index contributed by atoms with van der Waals surface area (Å²) in [5.74, 6) is 0.140. The van der Waals surface area contributed by atoms with Crippen LogP contribution >= 0.6 is 0 Å². The highest BCUT2D eigenvalue weighted by molar-refractivity contribution is 5.83. The van der Waals surface area contributed by atoms with Gasteiger partial charge in [-0.2, -0.15) is 0 Å². The minimum atomic E-state index is -0.240. The van der Waals surface area contributed by atoms with Crippen LogP contribution in [-0.4, -0.2) is 54.0 Å². The quantitative estimate of drug-likeness (QED) is 0.716. The van der Waals surface area contributed by atoms with Crippen LogP contribution in [0.25, 0.3) is 0 Å². The number of hydrogen-bond donors (Lipinski definition) is 1. The van der Waals surface area contributed by atoms with Crippen molar-refractivity contribution in [3.05, 3.63) is 0 Å². The summed E-state index contributed by atoms with van der Waals surface area (Å²) in [5.41, 5.74) is 5.69. The van der Waals surface area contributed by atoms with E-state index >= 15 is 0 Å². The Bertz CT molecular complexity index is 238. The zero-order valence-corrected chi connectivity index (χ0v) is 9.48. The first-order chi connectivity index (χ1) is 7.18. The molecule has 0 bridgehead atoms. The number of carbonyl (C=O) groups is 1. The maximum atomic E-state index is 11.6. The molecule has 0 radical (unpaired) electrons. The molecule has 0 aromatic carbocycles. The summed E-state index contributed by atoms with van der Waals surface area (Å²) in [5, 5.41) is 0. The van der Waals surface area contributed by atoms with Crippen molar-refractivity contribution in [3.63, 3.8) is 0 Å². The molecule has 2 heterocycles.